The molecule has 10 heteroatoms. The Labute approximate surface area is 435 Å². The van der Waals surface area contributed by atoms with Gasteiger partial charge in [-0.3, -0.25) is 9.13 Å². The van der Waals surface area contributed by atoms with Crippen molar-refractivity contribution in [3.63, 3.8) is 0 Å². The summed E-state index contributed by atoms with van der Waals surface area (Å²) in [5.74, 6) is 5.85. The lowest BCUT2D eigenvalue weighted by Crippen LogP contribution is -2.06. The fraction of sp³-hybridized carbons (Fsp3) is 0. The lowest BCUT2D eigenvalue weighted by molar-refractivity contribution is 0.362. The topological polar surface area (TPSA) is 106 Å². The van der Waals surface area contributed by atoms with Gasteiger partial charge in [0.15, 0.2) is 46.3 Å². The van der Waals surface area contributed by atoms with Crippen LogP contribution in [0.5, 0.6) is 23.0 Å². The van der Waals surface area contributed by atoms with E-state index in [2.05, 4.69) is 106 Å². The van der Waals surface area contributed by atoms with Crippen molar-refractivity contribution in [2.24, 2.45) is 0 Å². The Hall–Kier alpha value is -10.6. The summed E-state index contributed by atoms with van der Waals surface area (Å²) in [4.78, 5) is 30.7. The number of hydrogen-bond donors (Lipinski definition) is 0. The van der Waals surface area contributed by atoms with E-state index < -0.39 is 0 Å². The lowest BCUT2D eigenvalue weighted by atomic mass is 9.96. The van der Waals surface area contributed by atoms with Crippen molar-refractivity contribution in [3.05, 3.63) is 243 Å². The molecule has 0 bridgehead atoms. The molecule has 0 unspecified atom stereocenters. The Morgan fingerprint density at radius 1 is 0.250 bits per heavy atom. The summed E-state index contributed by atoms with van der Waals surface area (Å²) in [6.07, 6.45) is 0. The summed E-state index contributed by atoms with van der Waals surface area (Å²) in [5, 5.41) is 4.14. The number of para-hydroxylation sites is 4. The van der Waals surface area contributed by atoms with Gasteiger partial charge in [0.1, 0.15) is 0 Å². The summed E-state index contributed by atoms with van der Waals surface area (Å²) >= 11 is 0. The second-order valence-corrected chi connectivity index (χ2v) is 18.6. The molecule has 10 nitrogen and oxygen atoms in total. The summed E-state index contributed by atoms with van der Waals surface area (Å²) < 4.78 is 18.5. The molecule has 0 atom stereocenters. The molecule has 15 rings (SSSR count). The molecule has 5 heterocycles. The van der Waals surface area contributed by atoms with Crippen LogP contribution in [0, 0.1) is 0 Å². The Balaban J connectivity index is 0.891. The van der Waals surface area contributed by atoms with E-state index in [4.69, 9.17) is 39.4 Å². The molecule has 10 aromatic carbocycles. The molecule has 0 amide bonds. The molecule has 0 fully saturated rings. The van der Waals surface area contributed by atoms with Crippen LogP contribution in [0.4, 0.5) is 0 Å². The average Bonchev–Trinajstić information content (AvgIpc) is 4.03. The second-order valence-electron chi connectivity index (χ2n) is 18.6. The Morgan fingerprint density at radius 3 is 0.947 bits per heavy atom. The van der Waals surface area contributed by atoms with E-state index in [1.807, 2.05) is 146 Å². The third-order valence-electron chi connectivity index (χ3n) is 14.1. The molecule has 0 N–H and O–H groups in total. The summed E-state index contributed by atoms with van der Waals surface area (Å²) in [5.41, 5.74) is 11.1. The summed E-state index contributed by atoms with van der Waals surface area (Å²) in [7, 11) is 0. The smallest absolute Gasteiger partial charge is 0.238 e. The highest BCUT2D eigenvalue weighted by molar-refractivity contribution is 6.17. The van der Waals surface area contributed by atoms with Gasteiger partial charge in [0.05, 0.1) is 22.1 Å². The van der Waals surface area contributed by atoms with Crippen LogP contribution in [0.2, 0.25) is 0 Å². The molecule has 356 valence electrons. The fourth-order valence-electron chi connectivity index (χ4n) is 10.8. The highest BCUT2D eigenvalue weighted by Crippen LogP contribution is 2.55. The largest absolute Gasteiger partial charge is 0.449 e. The SMILES string of the molecule is c1ccc(-c2nc(-c3ccccc3)nc(-n3c4ccccc4c4c(-c5cccc6c5Oc5c(cccc5-c5cccc7c5c5ccccc5n7-c5nc(-c7ccccc7)nc(-c7ccccc7)n5)O6)cccc43)n2)cc1. The first-order valence-electron chi connectivity index (χ1n) is 25.1. The van der Waals surface area contributed by atoms with Gasteiger partial charge in [0.25, 0.3) is 0 Å². The first kappa shape index (κ1) is 43.0. The molecule has 14 aromatic rings. The maximum atomic E-state index is 7.31. The lowest BCUT2D eigenvalue weighted by Gasteiger charge is -2.25. The maximum absolute atomic E-state index is 7.31. The van der Waals surface area contributed by atoms with Gasteiger partial charge in [-0.1, -0.05) is 206 Å². The molecule has 0 saturated carbocycles. The molecule has 1 aliphatic heterocycles. The van der Waals surface area contributed by atoms with E-state index in [0.717, 1.165) is 88.1 Å². The molecular formula is C66H40N8O2. The Kier molecular flexibility index (Phi) is 9.95. The Morgan fingerprint density at radius 2 is 0.566 bits per heavy atom. The molecule has 0 spiro atoms. The number of nitrogens with zero attached hydrogens (tertiary/aromatic N) is 8. The minimum Gasteiger partial charge on any atom is -0.449 e. The zero-order chi connectivity index (χ0) is 50.1. The van der Waals surface area contributed by atoms with Gasteiger partial charge in [-0.25, -0.2) is 9.97 Å². The van der Waals surface area contributed by atoms with Gasteiger partial charge in [-0.05, 0) is 47.5 Å². The van der Waals surface area contributed by atoms with E-state index in [-0.39, 0.29) is 0 Å². The van der Waals surface area contributed by atoms with Crippen LogP contribution in [-0.2, 0) is 0 Å². The maximum Gasteiger partial charge on any atom is 0.238 e. The van der Waals surface area contributed by atoms with E-state index >= 15 is 0 Å². The quantitative estimate of drug-likeness (QED) is 0.148. The van der Waals surface area contributed by atoms with Crippen molar-refractivity contribution in [1.82, 2.24) is 39.0 Å². The van der Waals surface area contributed by atoms with Gasteiger partial charge in [-0.2, -0.15) is 19.9 Å². The minimum atomic E-state index is 0.517. The van der Waals surface area contributed by atoms with E-state index in [0.29, 0.717) is 58.2 Å². The van der Waals surface area contributed by atoms with Crippen molar-refractivity contribution in [2.75, 3.05) is 0 Å². The van der Waals surface area contributed by atoms with E-state index in [1.165, 1.54) is 0 Å². The zero-order valence-corrected chi connectivity index (χ0v) is 40.5. The van der Waals surface area contributed by atoms with Gasteiger partial charge in [-0.15, -0.1) is 0 Å². The third kappa shape index (κ3) is 7.03. The summed E-state index contributed by atoms with van der Waals surface area (Å²) in [6.45, 7) is 0. The van der Waals surface area contributed by atoms with Crippen LogP contribution in [-0.4, -0.2) is 39.0 Å². The normalized spacial score (nSPS) is 11.9. The van der Waals surface area contributed by atoms with Gasteiger partial charge < -0.3 is 9.47 Å². The fourth-order valence-corrected chi connectivity index (χ4v) is 10.8. The van der Waals surface area contributed by atoms with Crippen LogP contribution in [0.1, 0.15) is 0 Å². The van der Waals surface area contributed by atoms with E-state index in [9.17, 15) is 0 Å². The molecule has 0 radical (unpaired) electrons. The van der Waals surface area contributed by atoms with Crippen molar-refractivity contribution in [3.8, 4) is 103 Å². The van der Waals surface area contributed by atoms with Gasteiger partial charge in [0.2, 0.25) is 11.9 Å². The minimum absolute atomic E-state index is 0.517. The number of fused-ring (bicyclic) bond motifs is 8. The Bertz CT molecular complexity index is 4170. The van der Waals surface area contributed by atoms with Crippen molar-refractivity contribution in [2.45, 2.75) is 0 Å². The van der Waals surface area contributed by atoms with Crippen LogP contribution in [0.25, 0.3) is 123 Å². The van der Waals surface area contributed by atoms with E-state index in [1.54, 1.807) is 0 Å². The van der Waals surface area contributed by atoms with Crippen molar-refractivity contribution in [1.29, 1.82) is 0 Å². The number of rotatable bonds is 8. The van der Waals surface area contributed by atoms with Crippen LogP contribution >= 0.6 is 0 Å². The molecule has 76 heavy (non-hydrogen) atoms. The predicted octanol–water partition coefficient (Wildman–Crippen LogP) is 16.2. The zero-order valence-electron chi connectivity index (χ0n) is 40.5. The average molecular weight is 977 g/mol. The van der Waals surface area contributed by atoms with Crippen LogP contribution in [0.15, 0.2) is 243 Å². The third-order valence-corrected chi connectivity index (χ3v) is 14.1. The number of hydrogen-bond acceptors (Lipinski definition) is 8. The highest BCUT2D eigenvalue weighted by Gasteiger charge is 2.29. The first-order valence-corrected chi connectivity index (χ1v) is 25.1. The summed E-state index contributed by atoms with van der Waals surface area (Å²) in [6, 6.07) is 82.0. The number of ether oxygens (including phenoxy) is 2. The van der Waals surface area contributed by atoms with Gasteiger partial charge >= 0.3 is 0 Å². The first-order chi connectivity index (χ1) is 37.7. The predicted molar refractivity (Wildman–Crippen MR) is 301 cm³/mol. The van der Waals surface area contributed by atoms with Crippen molar-refractivity contribution < 1.29 is 9.47 Å². The molecule has 0 saturated heterocycles. The molecular weight excluding hydrogens is 937 g/mol. The van der Waals surface area contributed by atoms with Crippen LogP contribution in [0.3, 0.4) is 0 Å². The number of aromatic nitrogens is 8. The molecule has 4 aromatic heterocycles. The standard InChI is InChI=1S/C66H40N8O2/c1-5-21-41(22-6-1)61-67-62(42-23-7-2-8-24-42)70-65(69-61)73-51-35-15-13-29-49(51)57-45(31-17-37-53(57)73)47-33-19-39-55-59(47)76-60-48(34-20-40-56(60)75-55)46-32-18-38-54-58(46)50-30-14-16-36-52(50)74(54)66-71-63(43-25-9-3-10-26-43)68-64(72-66)44-27-11-4-12-28-44/h1-40H. The van der Waals surface area contributed by atoms with Crippen LogP contribution < -0.4 is 9.47 Å². The molecule has 0 aliphatic carbocycles. The van der Waals surface area contributed by atoms with Gasteiger partial charge in [0, 0.05) is 54.9 Å². The molecule has 1 aliphatic rings. The highest BCUT2D eigenvalue weighted by atomic mass is 16.6. The number of benzene rings is 10. The monoisotopic (exact) mass is 976 g/mol. The second kappa shape index (κ2) is 17.6. The van der Waals surface area contributed by atoms with Crippen molar-refractivity contribution >= 4 is 43.6 Å².